The van der Waals surface area contributed by atoms with Crippen LogP contribution in [0, 0.1) is 6.92 Å². The van der Waals surface area contributed by atoms with Gasteiger partial charge >= 0.3 is 8.60 Å². The van der Waals surface area contributed by atoms with Crippen molar-refractivity contribution in [2.75, 3.05) is 7.11 Å². The quantitative estimate of drug-likeness (QED) is 0.447. The molecule has 0 radical (unpaired) electrons. The highest BCUT2D eigenvalue weighted by atomic mass is 31.2. The Morgan fingerprint density at radius 2 is 1.10 bits per heavy atom. The molecule has 0 aliphatic carbocycles. The van der Waals surface area contributed by atoms with Gasteiger partial charge in [0.2, 0.25) is 0 Å². The summed E-state index contributed by atoms with van der Waals surface area (Å²) in [5.41, 5.74) is 4.77. The topological polar surface area (TPSA) is 27.7 Å². The SMILES string of the molecule is COP(Oc1ccc(C)cc1C(C)(C)C)Oc1ccc(C(C)(C)C)cc1C(C)(C)C. The molecule has 3 nitrogen and oxygen atoms in total. The Morgan fingerprint density at radius 3 is 1.53 bits per heavy atom. The van der Waals surface area contributed by atoms with Gasteiger partial charge in [0.25, 0.3) is 0 Å². The van der Waals surface area contributed by atoms with Crippen molar-refractivity contribution in [2.24, 2.45) is 0 Å². The van der Waals surface area contributed by atoms with Crippen LogP contribution in [0.2, 0.25) is 0 Å². The Bertz CT molecular complexity index is 867. The van der Waals surface area contributed by atoms with Gasteiger partial charge in [0.15, 0.2) is 0 Å². The van der Waals surface area contributed by atoms with E-state index in [9.17, 15) is 0 Å². The summed E-state index contributed by atoms with van der Waals surface area (Å²) in [6.45, 7) is 22.0. The van der Waals surface area contributed by atoms with Crippen molar-refractivity contribution in [1.29, 1.82) is 0 Å². The summed E-state index contributed by atoms with van der Waals surface area (Å²) in [6, 6.07) is 12.7. The van der Waals surface area contributed by atoms with E-state index in [2.05, 4.69) is 99.6 Å². The number of aryl methyl sites for hydroxylation is 1. The van der Waals surface area contributed by atoms with Crippen LogP contribution in [-0.4, -0.2) is 7.11 Å². The van der Waals surface area contributed by atoms with Crippen molar-refractivity contribution in [2.45, 2.75) is 85.5 Å². The van der Waals surface area contributed by atoms with E-state index < -0.39 is 8.60 Å². The molecule has 0 amide bonds. The summed E-state index contributed by atoms with van der Waals surface area (Å²) in [4.78, 5) is 0. The lowest BCUT2D eigenvalue weighted by Crippen LogP contribution is -2.17. The van der Waals surface area contributed by atoms with Crippen LogP contribution >= 0.6 is 8.60 Å². The zero-order chi connectivity index (χ0) is 22.9. The van der Waals surface area contributed by atoms with E-state index in [-0.39, 0.29) is 16.2 Å². The maximum Gasteiger partial charge on any atom is 0.462 e. The molecule has 0 spiro atoms. The second kappa shape index (κ2) is 8.89. The van der Waals surface area contributed by atoms with Crippen molar-refractivity contribution in [1.82, 2.24) is 0 Å². The minimum Gasteiger partial charge on any atom is -0.417 e. The van der Waals surface area contributed by atoms with Gasteiger partial charge in [0, 0.05) is 18.2 Å². The van der Waals surface area contributed by atoms with Gasteiger partial charge in [0.05, 0.1) is 0 Å². The van der Waals surface area contributed by atoms with Gasteiger partial charge in [-0.1, -0.05) is 92.1 Å². The largest absolute Gasteiger partial charge is 0.462 e. The molecule has 0 saturated heterocycles. The lowest BCUT2D eigenvalue weighted by Gasteiger charge is -2.28. The summed E-state index contributed by atoms with van der Waals surface area (Å²) in [5, 5.41) is 0. The van der Waals surface area contributed by atoms with Crippen LogP contribution in [-0.2, 0) is 20.8 Å². The summed E-state index contributed by atoms with van der Waals surface area (Å²) in [6.07, 6.45) is 0. The minimum atomic E-state index is -1.59. The molecule has 0 aliphatic heterocycles. The molecule has 0 heterocycles. The highest BCUT2D eigenvalue weighted by molar-refractivity contribution is 7.42. The molecule has 2 aromatic rings. The number of benzene rings is 2. The summed E-state index contributed by atoms with van der Waals surface area (Å²) in [5.74, 6) is 1.62. The maximum atomic E-state index is 6.31. The lowest BCUT2D eigenvalue weighted by atomic mass is 9.80. The van der Waals surface area contributed by atoms with Crippen LogP contribution in [0.25, 0.3) is 0 Å². The second-order valence-electron chi connectivity index (χ2n) is 11.0. The standard InChI is InChI=1S/C26H39O3P/c1-18-12-14-22(20(16-18)25(5,6)7)28-30(27-11)29-23-15-13-19(24(2,3)4)17-21(23)26(8,9)10/h12-17H,1-11H3. The molecule has 0 fully saturated rings. The molecular weight excluding hydrogens is 391 g/mol. The molecule has 1 unspecified atom stereocenters. The van der Waals surface area contributed by atoms with Crippen molar-refractivity contribution < 1.29 is 13.6 Å². The molecule has 4 heteroatoms. The van der Waals surface area contributed by atoms with Crippen LogP contribution in [0.1, 0.15) is 84.6 Å². The molecule has 0 aromatic heterocycles. The first-order valence-corrected chi connectivity index (χ1v) is 11.7. The van der Waals surface area contributed by atoms with Crippen LogP contribution in [0.15, 0.2) is 36.4 Å². The van der Waals surface area contributed by atoms with Crippen LogP contribution < -0.4 is 9.05 Å². The molecule has 2 rings (SSSR count). The average Bonchev–Trinajstić information content (AvgIpc) is 2.60. The predicted octanol–water partition coefficient (Wildman–Crippen LogP) is 8.22. The highest BCUT2D eigenvalue weighted by Gasteiger charge is 2.27. The van der Waals surface area contributed by atoms with E-state index in [1.54, 1.807) is 7.11 Å². The number of hydrogen-bond donors (Lipinski definition) is 0. The molecule has 0 saturated carbocycles. The molecular formula is C26H39O3P. The van der Waals surface area contributed by atoms with Crippen molar-refractivity contribution in [3.8, 4) is 11.5 Å². The van der Waals surface area contributed by atoms with Gasteiger partial charge in [-0.3, -0.25) is 4.52 Å². The van der Waals surface area contributed by atoms with E-state index in [0.29, 0.717) is 0 Å². The van der Waals surface area contributed by atoms with Crippen LogP contribution in [0.3, 0.4) is 0 Å². The van der Waals surface area contributed by atoms with Crippen LogP contribution in [0.4, 0.5) is 0 Å². The third-order valence-electron chi connectivity index (χ3n) is 5.09. The Balaban J connectivity index is 2.40. The van der Waals surface area contributed by atoms with E-state index >= 15 is 0 Å². The summed E-state index contributed by atoms with van der Waals surface area (Å²) >= 11 is 0. The van der Waals surface area contributed by atoms with Crippen molar-refractivity contribution in [3.63, 3.8) is 0 Å². The Kier molecular flexibility index (Phi) is 7.32. The van der Waals surface area contributed by atoms with Gasteiger partial charge in [-0.05, 0) is 40.9 Å². The van der Waals surface area contributed by atoms with Crippen LogP contribution in [0.5, 0.6) is 11.5 Å². The Labute approximate surface area is 185 Å². The molecule has 30 heavy (non-hydrogen) atoms. The lowest BCUT2D eigenvalue weighted by molar-refractivity contribution is 0.317. The molecule has 1 atom stereocenters. The molecule has 166 valence electrons. The van der Waals surface area contributed by atoms with E-state index in [1.165, 1.54) is 11.1 Å². The van der Waals surface area contributed by atoms with Crippen molar-refractivity contribution >= 4 is 8.60 Å². The number of hydrogen-bond acceptors (Lipinski definition) is 3. The Morgan fingerprint density at radius 1 is 0.633 bits per heavy atom. The van der Waals surface area contributed by atoms with Gasteiger partial charge in [-0.2, -0.15) is 0 Å². The molecule has 0 bridgehead atoms. The maximum absolute atomic E-state index is 6.31. The van der Waals surface area contributed by atoms with Gasteiger partial charge in [-0.15, -0.1) is 0 Å². The monoisotopic (exact) mass is 430 g/mol. The first-order valence-electron chi connectivity index (χ1n) is 10.6. The zero-order valence-electron chi connectivity index (χ0n) is 20.6. The van der Waals surface area contributed by atoms with Crippen molar-refractivity contribution in [3.05, 3.63) is 58.7 Å². The minimum absolute atomic E-state index is 0.0406. The smallest absolute Gasteiger partial charge is 0.417 e. The fraction of sp³-hybridized carbons (Fsp3) is 0.538. The molecule has 2 aromatic carbocycles. The Hall–Kier alpha value is -1.57. The fourth-order valence-electron chi connectivity index (χ4n) is 3.23. The third kappa shape index (κ3) is 6.22. The normalized spacial score (nSPS) is 13.8. The van der Waals surface area contributed by atoms with E-state index in [0.717, 1.165) is 22.6 Å². The first-order chi connectivity index (χ1) is 13.6. The molecule has 0 aliphatic rings. The third-order valence-corrected chi connectivity index (χ3v) is 6.08. The highest BCUT2D eigenvalue weighted by Crippen LogP contribution is 2.47. The summed E-state index contributed by atoms with van der Waals surface area (Å²) < 4.78 is 18.2. The second-order valence-corrected chi connectivity index (χ2v) is 12.2. The van der Waals surface area contributed by atoms with E-state index in [1.807, 2.05) is 6.07 Å². The average molecular weight is 431 g/mol. The van der Waals surface area contributed by atoms with Gasteiger partial charge < -0.3 is 9.05 Å². The number of rotatable bonds is 5. The molecule has 0 N–H and O–H groups in total. The zero-order valence-corrected chi connectivity index (χ0v) is 21.5. The predicted molar refractivity (Wildman–Crippen MR) is 129 cm³/mol. The fourth-order valence-corrected chi connectivity index (χ4v) is 4.05. The van der Waals surface area contributed by atoms with E-state index in [4.69, 9.17) is 13.6 Å². The van der Waals surface area contributed by atoms with Gasteiger partial charge in [0.1, 0.15) is 11.5 Å². The first kappa shape index (κ1) is 24.7. The summed E-state index contributed by atoms with van der Waals surface area (Å²) in [7, 11) is 0.0507. The van der Waals surface area contributed by atoms with Gasteiger partial charge in [-0.25, -0.2) is 0 Å².